The van der Waals surface area contributed by atoms with Crippen LogP contribution in [-0.2, 0) is 23.0 Å². The molecule has 0 aliphatic carbocycles. The highest BCUT2D eigenvalue weighted by molar-refractivity contribution is 9.10. The van der Waals surface area contributed by atoms with E-state index in [9.17, 15) is 8.42 Å². The fourth-order valence-corrected chi connectivity index (χ4v) is 5.52. The lowest BCUT2D eigenvalue weighted by atomic mass is 9.98. The van der Waals surface area contributed by atoms with E-state index in [-0.39, 0.29) is 4.90 Å². The summed E-state index contributed by atoms with van der Waals surface area (Å²) in [5.74, 6) is 1.85. The Morgan fingerprint density at radius 2 is 1.65 bits per heavy atom. The first-order valence-corrected chi connectivity index (χ1v) is 12.4. The lowest BCUT2D eigenvalue weighted by Crippen LogP contribution is -2.32. The molecule has 0 amide bonds. The van der Waals surface area contributed by atoms with Crippen molar-refractivity contribution in [3.05, 3.63) is 45.9 Å². The average molecular weight is 513 g/mol. The first-order chi connectivity index (χ1) is 14.9. The van der Waals surface area contributed by atoms with Gasteiger partial charge in [-0.05, 0) is 67.3 Å². The molecule has 1 N–H and O–H groups in total. The Morgan fingerprint density at radius 1 is 0.968 bits per heavy atom. The van der Waals surface area contributed by atoms with Gasteiger partial charge in [0.1, 0.15) is 10.6 Å². The highest BCUT2D eigenvalue weighted by Gasteiger charge is 2.21. The van der Waals surface area contributed by atoms with Crippen molar-refractivity contribution in [1.29, 1.82) is 0 Å². The standard InChI is InChI=1S/C22H29BrN2O5S/c1-28-19-7-6-18(23)14-22(19)31(26,27)24-9-4-5-10-25-11-8-16-12-20(29-2)21(30-3)13-17(16)15-25/h6-7,12-14,24H,4-5,8-11,15H2,1-3H3. The zero-order chi connectivity index (χ0) is 22.4. The van der Waals surface area contributed by atoms with Gasteiger partial charge in [-0.25, -0.2) is 13.1 Å². The normalized spacial score (nSPS) is 14.2. The van der Waals surface area contributed by atoms with Gasteiger partial charge in [0.2, 0.25) is 10.0 Å². The molecule has 0 saturated heterocycles. The van der Waals surface area contributed by atoms with E-state index < -0.39 is 10.0 Å². The Kier molecular flexibility index (Phi) is 8.21. The number of nitrogens with zero attached hydrogens (tertiary/aromatic N) is 1. The molecule has 2 aromatic rings. The SMILES string of the molecule is COc1cc2c(cc1OC)CN(CCCCNS(=O)(=O)c1cc(Br)ccc1OC)CC2. The van der Waals surface area contributed by atoms with Gasteiger partial charge in [0, 0.05) is 24.1 Å². The minimum absolute atomic E-state index is 0.140. The predicted octanol–water partition coefficient (Wildman–Crippen LogP) is 3.59. The highest BCUT2D eigenvalue weighted by atomic mass is 79.9. The van der Waals surface area contributed by atoms with Gasteiger partial charge in [-0.3, -0.25) is 4.90 Å². The second-order valence-corrected chi connectivity index (χ2v) is 10.1. The van der Waals surface area contributed by atoms with Crippen LogP contribution in [0.25, 0.3) is 0 Å². The van der Waals surface area contributed by atoms with Gasteiger partial charge in [-0.2, -0.15) is 0 Å². The van der Waals surface area contributed by atoms with E-state index in [4.69, 9.17) is 14.2 Å². The monoisotopic (exact) mass is 512 g/mol. The first-order valence-electron chi connectivity index (χ1n) is 10.2. The Morgan fingerprint density at radius 3 is 2.32 bits per heavy atom. The van der Waals surface area contributed by atoms with Gasteiger partial charge in [0.05, 0.1) is 21.3 Å². The molecule has 0 spiro atoms. The van der Waals surface area contributed by atoms with Gasteiger partial charge < -0.3 is 14.2 Å². The number of hydrogen-bond donors (Lipinski definition) is 1. The van der Waals surface area contributed by atoms with E-state index in [0.29, 0.717) is 16.8 Å². The number of rotatable bonds is 10. The molecule has 1 aliphatic rings. The molecule has 9 heteroatoms. The molecular weight excluding hydrogens is 484 g/mol. The summed E-state index contributed by atoms with van der Waals surface area (Å²) in [6.45, 7) is 3.13. The lowest BCUT2D eigenvalue weighted by molar-refractivity contribution is 0.248. The molecule has 0 atom stereocenters. The minimum atomic E-state index is -3.63. The Hall–Kier alpha value is -1.81. The quantitative estimate of drug-likeness (QED) is 0.490. The third-order valence-electron chi connectivity index (χ3n) is 5.41. The van der Waals surface area contributed by atoms with Gasteiger partial charge in [-0.1, -0.05) is 15.9 Å². The van der Waals surface area contributed by atoms with Crippen molar-refractivity contribution in [3.8, 4) is 17.2 Å². The van der Waals surface area contributed by atoms with E-state index in [1.807, 2.05) is 0 Å². The molecule has 1 aliphatic heterocycles. The van der Waals surface area contributed by atoms with E-state index in [0.717, 1.165) is 50.4 Å². The van der Waals surface area contributed by atoms with Gasteiger partial charge in [0.25, 0.3) is 0 Å². The molecule has 7 nitrogen and oxygen atoms in total. The summed E-state index contributed by atoms with van der Waals surface area (Å²) in [5, 5.41) is 0. The summed E-state index contributed by atoms with van der Waals surface area (Å²) < 4.78 is 44.6. The average Bonchev–Trinajstić information content (AvgIpc) is 2.77. The smallest absolute Gasteiger partial charge is 0.244 e. The Labute approximate surface area is 192 Å². The van der Waals surface area contributed by atoms with Crippen molar-refractivity contribution >= 4 is 26.0 Å². The number of unbranched alkanes of at least 4 members (excludes halogenated alkanes) is 1. The number of ether oxygens (including phenoxy) is 3. The van der Waals surface area contributed by atoms with Crippen LogP contribution in [-0.4, -0.2) is 54.3 Å². The summed E-state index contributed by atoms with van der Waals surface area (Å²) in [6.07, 6.45) is 2.62. The molecule has 0 unspecified atom stereocenters. The predicted molar refractivity (Wildman–Crippen MR) is 124 cm³/mol. The second-order valence-electron chi connectivity index (χ2n) is 7.40. The summed E-state index contributed by atoms with van der Waals surface area (Å²) in [4.78, 5) is 2.53. The fourth-order valence-electron chi connectivity index (χ4n) is 3.74. The van der Waals surface area contributed by atoms with E-state index in [1.165, 1.54) is 18.2 Å². The molecule has 0 radical (unpaired) electrons. The summed E-state index contributed by atoms with van der Waals surface area (Å²) in [5.41, 5.74) is 2.55. The van der Waals surface area contributed by atoms with Crippen LogP contribution in [0.5, 0.6) is 17.2 Å². The van der Waals surface area contributed by atoms with Crippen molar-refractivity contribution in [3.63, 3.8) is 0 Å². The zero-order valence-electron chi connectivity index (χ0n) is 18.1. The molecule has 170 valence electrons. The molecule has 3 rings (SSSR count). The summed E-state index contributed by atoms with van der Waals surface area (Å²) in [6, 6.07) is 9.06. The Bertz CT molecular complexity index is 1010. The number of sulfonamides is 1. The van der Waals surface area contributed by atoms with Crippen LogP contribution in [0.1, 0.15) is 24.0 Å². The van der Waals surface area contributed by atoms with Crippen LogP contribution in [0.4, 0.5) is 0 Å². The molecular formula is C22H29BrN2O5S. The van der Waals surface area contributed by atoms with Crippen LogP contribution in [0.3, 0.4) is 0 Å². The largest absolute Gasteiger partial charge is 0.495 e. The van der Waals surface area contributed by atoms with E-state index >= 15 is 0 Å². The molecule has 2 aromatic carbocycles. The van der Waals surface area contributed by atoms with E-state index in [2.05, 4.69) is 37.7 Å². The van der Waals surface area contributed by atoms with Gasteiger partial charge >= 0.3 is 0 Å². The Balaban J connectivity index is 1.49. The maximum Gasteiger partial charge on any atom is 0.244 e. The fraction of sp³-hybridized carbons (Fsp3) is 0.455. The van der Waals surface area contributed by atoms with Gasteiger partial charge in [-0.15, -0.1) is 0 Å². The number of fused-ring (bicyclic) bond motifs is 1. The van der Waals surface area contributed by atoms with Crippen LogP contribution < -0.4 is 18.9 Å². The van der Waals surface area contributed by atoms with Crippen LogP contribution in [0.15, 0.2) is 39.7 Å². The van der Waals surface area contributed by atoms with Gasteiger partial charge in [0.15, 0.2) is 11.5 Å². The van der Waals surface area contributed by atoms with E-state index in [1.54, 1.807) is 32.4 Å². The first kappa shape index (κ1) is 23.8. The highest BCUT2D eigenvalue weighted by Crippen LogP contribution is 2.33. The van der Waals surface area contributed by atoms with Crippen LogP contribution in [0, 0.1) is 0 Å². The number of hydrogen-bond acceptors (Lipinski definition) is 6. The van der Waals surface area contributed by atoms with Crippen molar-refractivity contribution in [1.82, 2.24) is 9.62 Å². The topological polar surface area (TPSA) is 77.1 Å². The minimum Gasteiger partial charge on any atom is -0.495 e. The molecule has 0 aromatic heterocycles. The van der Waals surface area contributed by atoms with Crippen molar-refractivity contribution < 1.29 is 22.6 Å². The van der Waals surface area contributed by atoms with Crippen molar-refractivity contribution in [2.45, 2.75) is 30.7 Å². The lowest BCUT2D eigenvalue weighted by Gasteiger charge is -2.29. The number of methoxy groups -OCH3 is 3. The molecule has 1 heterocycles. The maximum absolute atomic E-state index is 12.6. The van der Waals surface area contributed by atoms with Crippen molar-refractivity contribution in [2.75, 3.05) is 41.0 Å². The molecule has 0 saturated carbocycles. The maximum atomic E-state index is 12.6. The zero-order valence-corrected chi connectivity index (χ0v) is 20.5. The summed E-state index contributed by atoms with van der Waals surface area (Å²) in [7, 11) is 1.13. The number of benzene rings is 2. The number of halogens is 1. The summed E-state index contributed by atoms with van der Waals surface area (Å²) >= 11 is 3.32. The molecule has 31 heavy (non-hydrogen) atoms. The second kappa shape index (κ2) is 10.7. The molecule has 0 bridgehead atoms. The van der Waals surface area contributed by atoms with Crippen LogP contribution >= 0.6 is 15.9 Å². The third kappa shape index (κ3) is 5.91. The van der Waals surface area contributed by atoms with Crippen LogP contribution in [0.2, 0.25) is 0 Å². The third-order valence-corrected chi connectivity index (χ3v) is 7.38. The number of nitrogens with one attached hydrogen (secondary N) is 1. The van der Waals surface area contributed by atoms with Crippen molar-refractivity contribution in [2.24, 2.45) is 0 Å². The molecule has 0 fully saturated rings.